The van der Waals surface area contributed by atoms with Crippen molar-refractivity contribution in [2.75, 3.05) is 39.1 Å². The van der Waals surface area contributed by atoms with E-state index in [1.807, 2.05) is 6.92 Å². The van der Waals surface area contributed by atoms with Crippen LogP contribution in [0.2, 0.25) is 0 Å². The summed E-state index contributed by atoms with van der Waals surface area (Å²) in [6.45, 7) is 4.93. The van der Waals surface area contributed by atoms with Crippen LogP contribution in [0.15, 0.2) is 0 Å². The number of hydrogen-bond donors (Lipinski definition) is 0. The number of ether oxygens (including phenoxy) is 1. The van der Waals surface area contributed by atoms with Gasteiger partial charge in [-0.25, -0.2) is 8.42 Å². The number of methoxy groups -OCH3 is 1. The molecular formula is C11H22N2O3S. The highest BCUT2D eigenvalue weighted by Crippen LogP contribution is 2.26. The molecule has 0 bridgehead atoms. The normalized spacial score (nSPS) is 31.6. The lowest BCUT2D eigenvalue weighted by atomic mass is 10.1. The Morgan fingerprint density at radius 1 is 1.35 bits per heavy atom. The number of fused-ring (bicyclic) bond motifs is 1. The lowest BCUT2D eigenvalue weighted by molar-refractivity contribution is 0.116. The summed E-state index contributed by atoms with van der Waals surface area (Å²) in [6.07, 6.45) is 2.33. The largest absolute Gasteiger partial charge is 0.384 e. The second-order valence-corrected chi connectivity index (χ2v) is 7.06. The molecule has 2 aliphatic rings. The number of piperazine rings is 1. The molecule has 2 unspecified atom stereocenters. The third kappa shape index (κ3) is 2.81. The molecule has 0 saturated carbocycles. The van der Waals surface area contributed by atoms with Crippen molar-refractivity contribution < 1.29 is 13.2 Å². The van der Waals surface area contributed by atoms with Crippen LogP contribution in [-0.4, -0.2) is 68.8 Å². The van der Waals surface area contributed by atoms with Crippen molar-refractivity contribution in [2.45, 2.75) is 31.8 Å². The molecule has 2 heterocycles. The van der Waals surface area contributed by atoms with Crippen LogP contribution in [0.5, 0.6) is 0 Å². The molecule has 0 N–H and O–H groups in total. The lowest BCUT2D eigenvalue weighted by Gasteiger charge is -2.41. The summed E-state index contributed by atoms with van der Waals surface area (Å²) in [5, 5.41) is 0. The first-order valence-electron chi connectivity index (χ1n) is 6.27. The van der Waals surface area contributed by atoms with Gasteiger partial charge in [0.05, 0.1) is 12.4 Å². The van der Waals surface area contributed by atoms with Gasteiger partial charge in [0.2, 0.25) is 10.0 Å². The van der Waals surface area contributed by atoms with E-state index in [0.717, 1.165) is 19.5 Å². The Labute approximate surface area is 104 Å². The fourth-order valence-electron chi connectivity index (χ4n) is 2.85. The Hall–Kier alpha value is -0.170. The van der Waals surface area contributed by atoms with E-state index in [1.165, 1.54) is 13.5 Å². The maximum Gasteiger partial charge on any atom is 0.216 e. The van der Waals surface area contributed by atoms with Crippen LogP contribution in [0, 0.1) is 0 Å². The van der Waals surface area contributed by atoms with Crippen LogP contribution < -0.4 is 0 Å². The summed E-state index contributed by atoms with van der Waals surface area (Å²) in [7, 11) is -1.62. The monoisotopic (exact) mass is 262 g/mol. The number of nitrogens with zero attached hydrogens (tertiary/aromatic N) is 2. The second kappa shape index (κ2) is 5.22. The minimum absolute atomic E-state index is 0.0891. The van der Waals surface area contributed by atoms with Crippen molar-refractivity contribution in [1.29, 1.82) is 0 Å². The SMILES string of the molecule is COCCS(=O)(=O)N1CC2CCCN2CC1C. The van der Waals surface area contributed by atoms with Crippen molar-refractivity contribution in [1.82, 2.24) is 9.21 Å². The number of sulfonamides is 1. The van der Waals surface area contributed by atoms with Crippen molar-refractivity contribution in [3.8, 4) is 0 Å². The van der Waals surface area contributed by atoms with E-state index in [9.17, 15) is 8.42 Å². The van der Waals surface area contributed by atoms with Crippen molar-refractivity contribution in [2.24, 2.45) is 0 Å². The smallest absolute Gasteiger partial charge is 0.216 e. The zero-order valence-electron chi connectivity index (χ0n) is 10.6. The minimum atomic E-state index is -3.15. The molecule has 5 nitrogen and oxygen atoms in total. The number of rotatable bonds is 4. The molecule has 0 radical (unpaired) electrons. The molecule has 0 aromatic carbocycles. The molecule has 2 aliphatic heterocycles. The molecule has 0 aliphatic carbocycles. The van der Waals surface area contributed by atoms with E-state index in [0.29, 0.717) is 12.6 Å². The average molecular weight is 262 g/mol. The molecular weight excluding hydrogens is 240 g/mol. The van der Waals surface area contributed by atoms with Gasteiger partial charge in [-0.2, -0.15) is 4.31 Å². The predicted octanol–water partition coefficient (Wildman–Crippen LogP) is 0.131. The molecule has 17 heavy (non-hydrogen) atoms. The highest BCUT2D eigenvalue weighted by molar-refractivity contribution is 7.89. The van der Waals surface area contributed by atoms with Gasteiger partial charge in [0, 0.05) is 32.3 Å². The van der Waals surface area contributed by atoms with Gasteiger partial charge in [-0.3, -0.25) is 4.90 Å². The second-order valence-electron chi connectivity index (χ2n) is 5.02. The van der Waals surface area contributed by atoms with Gasteiger partial charge < -0.3 is 4.74 Å². The van der Waals surface area contributed by atoms with E-state index in [1.54, 1.807) is 4.31 Å². The van der Waals surface area contributed by atoms with Crippen molar-refractivity contribution in [3.05, 3.63) is 0 Å². The third-order valence-electron chi connectivity index (χ3n) is 3.78. The topological polar surface area (TPSA) is 49.9 Å². The first-order chi connectivity index (χ1) is 8.04. The molecule has 2 rings (SSSR count). The first kappa shape index (κ1) is 13.3. The fourth-order valence-corrected chi connectivity index (χ4v) is 4.48. The lowest BCUT2D eigenvalue weighted by Crippen LogP contribution is -2.57. The van der Waals surface area contributed by atoms with E-state index < -0.39 is 10.0 Å². The quantitative estimate of drug-likeness (QED) is 0.723. The van der Waals surface area contributed by atoms with E-state index in [2.05, 4.69) is 4.90 Å². The van der Waals surface area contributed by atoms with Gasteiger partial charge in [0.15, 0.2) is 0 Å². The molecule has 0 spiro atoms. The van der Waals surface area contributed by atoms with Crippen molar-refractivity contribution in [3.63, 3.8) is 0 Å². The molecule has 0 amide bonds. The van der Waals surface area contributed by atoms with Crippen molar-refractivity contribution >= 4 is 10.0 Å². The van der Waals surface area contributed by atoms with Crippen LogP contribution in [0.1, 0.15) is 19.8 Å². The van der Waals surface area contributed by atoms with E-state index in [4.69, 9.17) is 4.74 Å². The van der Waals surface area contributed by atoms with E-state index >= 15 is 0 Å². The Morgan fingerprint density at radius 2 is 2.12 bits per heavy atom. The summed E-state index contributed by atoms with van der Waals surface area (Å²) in [5.74, 6) is 0.0978. The van der Waals surface area contributed by atoms with Gasteiger partial charge in [0.25, 0.3) is 0 Å². The summed E-state index contributed by atoms with van der Waals surface area (Å²) < 4.78 is 30.9. The molecule has 0 aromatic heterocycles. The molecule has 2 atom stereocenters. The maximum atomic E-state index is 12.2. The van der Waals surface area contributed by atoms with Gasteiger partial charge in [0.1, 0.15) is 0 Å². The maximum absolute atomic E-state index is 12.2. The summed E-state index contributed by atoms with van der Waals surface area (Å²) >= 11 is 0. The van der Waals surface area contributed by atoms with Gasteiger partial charge >= 0.3 is 0 Å². The summed E-state index contributed by atoms with van der Waals surface area (Å²) in [5.41, 5.74) is 0. The van der Waals surface area contributed by atoms with Gasteiger partial charge in [-0.1, -0.05) is 0 Å². The van der Waals surface area contributed by atoms with Crippen LogP contribution in [0.4, 0.5) is 0 Å². The highest BCUT2D eigenvalue weighted by atomic mass is 32.2. The van der Waals surface area contributed by atoms with Crippen LogP contribution in [0.25, 0.3) is 0 Å². The van der Waals surface area contributed by atoms with Crippen LogP contribution in [-0.2, 0) is 14.8 Å². The first-order valence-corrected chi connectivity index (χ1v) is 7.88. The Morgan fingerprint density at radius 3 is 2.82 bits per heavy atom. The highest BCUT2D eigenvalue weighted by Gasteiger charge is 2.39. The summed E-state index contributed by atoms with van der Waals surface area (Å²) in [4.78, 5) is 2.42. The minimum Gasteiger partial charge on any atom is -0.384 e. The molecule has 2 fully saturated rings. The zero-order valence-corrected chi connectivity index (χ0v) is 11.4. The van der Waals surface area contributed by atoms with Gasteiger partial charge in [-0.05, 0) is 26.3 Å². The van der Waals surface area contributed by atoms with Crippen LogP contribution >= 0.6 is 0 Å². The molecule has 100 valence electrons. The Balaban J connectivity index is 2.05. The molecule has 2 saturated heterocycles. The average Bonchev–Trinajstić information content (AvgIpc) is 2.72. The van der Waals surface area contributed by atoms with E-state index in [-0.39, 0.29) is 18.4 Å². The predicted molar refractivity (Wildman–Crippen MR) is 66.4 cm³/mol. The molecule has 6 heteroatoms. The fraction of sp³-hybridized carbons (Fsp3) is 1.00. The van der Waals surface area contributed by atoms with Gasteiger partial charge in [-0.15, -0.1) is 0 Å². The summed E-state index contributed by atoms with van der Waals surface area (Å²) in [6, 6.07) is 0.523. The number of hydrogen-bond acceptors (Lipinski definition) is 4. The Bertz CT molecular complexity index is 358. The molecule has 0 aromatic rings. The standard InChI is InChI=1S/C11H22N2O3S/c1-10-8-12-5-3-4-11(12)9-13(10)17(14,15)7-6-16-2/h10-11H,3-9H2,1-2H3. The zero-order chi connectivity index (χ0) is 12.5. The van der Waals surface area contributed by atoms with Crippen LogP contribution in [0.3, 0.4) is 0 Å². The Kier molecular flexibility index (Phi) is 4.07. The third-order valence-corrected chi connectivity index (χ3v) is 5.69.